The van der Waals surface area contributed by atoms with Gasteiger partial charge in [0.15, 0.2) is 12.2 Å². The SMILES string of the molecule is CCC(C)CCCCCCCCCCCCC(=O)O[C@H](COC(=O)CCCCCCCCCCCCCCC(C)C)COP(=O)(O)OCC(O)COP(=O)(O)OC[C@@H](COC(=O)CCCCCCCCCCC(C)C)OC(=O)CCCCCCCCCCC(C)CC. The highest BCUT2D eigenvalue weighted by molar-refractivity contribution is 7.47. The van der Waals surface area contributed by atoms with Crippen LogP contribution in [0.25, 0.3) is 0 Å². The number of rotatable bonds is 70. The van der Waals surface area contributed by atoms with E-state index < -0.39 is 97.5 Å². The summed E-state index contributed by atoms with van der Waals surface area (Å²) in [7, 11) is -9.91. The minimum atomic E-state index is -4.96. The molecule has 0 amide bonds. The number of esters is 4. The van der Waals surface area contributed by atoms with E-state index in [0.717, 1.165) is 114 Å². The molecule has 0 aromatic rings. The topological polar surface area (TPSA) is 237 Å². The molecule has 0 spiro atoms. The molecule has 0 rings (SSSR count). The Balaban J connectivity index is 5.27. The maximum atomic E-state index is 13.1. The number of aliphatic hydroxyl groups is 1. The van der Waals surface area contributed by atoms with Crippen LogP contribution < -0.4 is 0 Å². The molecule has 546 valence electrons. The van der Waals surface area contributed by atoms with Crippen LogP contribution in [-0.2, 0) is 65.4 Å². The molecule has 0 aliphatic carbocycles. The fourth-order valence-electron chi connectivity index (χ4n) is 11.0. The fraction of sp³-hybridized carbons (Fsp3) is 0.945. The Kier molecular flexibility index (Phi) is 61.3. The predicted octanol–water partition coefficient (Wildman–Crippen LogP) is 20.9. The van der Waals surface area contributed by atoms with Crippen LogP contribution in [0.15, 0.2) is 0 Å². The van der Waals surface area contributed by atoms with Gasteiger partial charge in [-0.15, -0.1) is 0 Å². The Bertz CT molecular complexity index is 1820. The van der Waals surface area contributed by atoms with Crippen molar-refractivity contribution in [3.05, 3.63) is 0 Å². The molecule has 19 heteroatoms. The number of phosphoric acid groups is 2. The summed E-state index contributed by atoms with van der Waals surface area (Å²) in [6.07, 6.45) is 45.7. The third-order valence-corrected chi connectivity index (χ3v) is 19.4. The monoisotopic (exact) mass is 1350 g/mol. The average Bonchev–Trinajstić information content (AvgIpc) is 2.40. The molecule has 0 aromatic heterocycles. The number of carbonyl (C=O) groups excluding carboxylic acids is 4. The predicted molar refractivity (Wildman–Crippen MR) is 372 cm³/mol. The molecule has 7 atom stereocenters. The van der Waals surface area contributed by atoms with Gasteiger partial charge in [-0.05, 0) is 49.4 Å². The van der Waals surface area contributed by atoms with Crippen LogP contribution in [0.2, 0.25) is 0 Å². The van der Waals surface area contributed by atoms with Crippen molar-refractivity contribution < 1.29 is 80.2 Å². The smallest absolute Gasteiger partial charge is 0.462 e. The van der Waals surface area contributed by atoms with E-state index in [9.17, 15) is 43.2 Å². The van der Waals surface area contributed by atoms with E-state index in [1.807, 2.05) is 0 Å². The maximum Gasteiger partial charge on any atom is 0.472 e. The first-order chi connectivity index (χ1) is 44.2. The van der Waals surface area contributed by atoms with Crippen LogP contribution in [-0.4, -0.2) is 96.7 Å². The summed E-state index contributed by atoms with van der Waals surface area (Å²) in [5.41, 5.74) is 0. The second-order valence-corrected chi connectivity index (χ2v) is 30.7. The molecule has 0 bridgehead atoms. The first-order valence-electron chi connectivity index (χ1n) is 37.8. The number of ether oxygens (including phenoxy) is 4. The lowest BCUT2D eigenvalue weighted by Gasteiger charge is -2.21. The summed E-state index contributed by atoms with van der Waals surface area (Å²) >= 11 is 0. The quantitative estimate of drug-likeness (QED) is 0.0222. The molecule has 5 unspecified atom stereocenters. The standard InChI is InChI=1S/C73H142O17P2/c1-9-65(7)51-43-35-27-18-15-16-20-31-39-47-55-72(77)89-68(59-83-70(75)53-45-37-29-19-14-12-11-13-17-25-33-41-49-63(3)4)61-87-91(79,80)85-57-67(74)58-86-92(81,82)88-62-69(60-84-71(76)54-46-38-30-23-21-26-34-42-50-64(5)6)90-73(78)56-48-40-32-24-22-28-36-44-52-66(8)10-2/h63-69,74H,9-62H2,1-8H3,(H,79,80)(H,81,82)/t65?,66?,67?,68-,69-/m1/s1. The van der Waals surface area contributed by atoms with Gasteiger partial charge in [-0.25, -0.2) is 9.13 Å². The number of phosphoric ester groups is 2. The fourth-order valence-corrected chi connectivity index (χ4v) is 12.5. The van der Waals surface area contributed by atoms with E-state index in [-0.39, 0.29) is 25.7 Å². The minimum absolute atomic E-state index is 0.104. The Morgan fingerprint density at radius 1 is 0.304 bits per heavy atom. The third kappa shape index (κ3) is 64.1. The Labute approximate surface area is 562 Å². The Hall–Kier alpha value is -1.94. The lowest BCUT2D eigenvalue weighted by molar-refractivity contribution is -0.161. The lowest BCUT2D eigenvalue weighted by Crippen LogP contribution is -2.30. The molecule has 0 fully saturated rings. The molecule has 0 aromatic carbocycles. The van der Waals surface area contributed by atoms with Crippen LogP contribution in [0, 0.1) is 23.7 Å². The second-order valence-electron chi connectivity index (χ2n) is 27.8. The van der Waals surface area contributed by atoms with Gasteiger partial charge in [0.1, 0.15) is 19.3 Å². The minimum Gasteiger partial charge on any atom is -0.462 e. The van der Waals surface area contributed by atoms with Crippen molar-refractivity contribution in [1.29, 1.82) is 0 Å². The lowest BCUT2D eigenvalue weighted by atomic mass is 9.99. The molecule has 0 heterocycles. The van der Waals surface area contributed by atoms with Gasteiger partial charge in [0.25, 0.3) is 0 Å². The first-order valence-corrected chi connectivity index (χ1v) is 40.8. The van der Waals surface area contributed by atoms with Gasteiger partial charge >= 0.3 is 39.5 Å². The maximum absolute atomic E-state index is 13.1. The van der Waals surface area contributed by atoms with Crippen molar-refractivity contribution in [2.45, 2.75) is 382 Å². The van der Waals surface area contributed by atoms with Crippen LogP contribution in [0.4, 0.5) is 0 Å². The molecular formula is C73H142O17P2. The van der Waals surface area contributed by atoms with Gasteiger partial charge in [-0.3, -0.25) is 37.3 Å². The first kappa shape index (κ1) is 90.1. The van der Waals surface area contributed by atoms with Gasteiger partial charge in [0.05, 0.1) is 26.4 Å². The summed E-state index contributed by atoms with van der Waals surface area (Å²) in [5.74, 6) is 0.955. The number of carbonyl (C=O) groups is 4. The van der Waals surface area contributed by atoms with Gasteiger partial charge in [-0.2, -0.15) is 0 Å². The van der Waals surface area contributed by atoms with Crippen molar-refractivity contribution in [1.82, 2.24) is 0 Å². The van der Waals surface area contributed by atoms with Crippen molar-refractivity contribution in [2.75, 3.05) is 39.6 Å². The van der Waals surface area contributed by atoms with E-state index in [4.69, 9.17) is 37.0 Å². The summed E-state index contributed by atoms with van der Waals surface area (Å²) in [6.45, 7) is 14.2. The zero-order valence-corrected chi connectivity index (χ0v) is 62.0. The van der Waals surface area contributed by atoms with E-state index in [1.165, 1.54) is 167 Å². The number of hydrogen-bond acceptors (Lipinski definition) is 15. The molecule has 0 saturated carbocycles. The van der Waals surface area contributed by atoms with Gasteiger partial charge < -0.3 is 33.8 Å². The van der Waals surface area contributed by atoms with Crippen molar-refractivity contribution in [2.24, 2.45) is 23.7 Å². The van der Waals surface area contributed by atoms with Crippen LogP contribution in [0.1, 0.15) is 364 Å². The summed E-state index contributed by atoms with van der Waals surface area (Å²) < 4.78 is 68.4. The van der Waals surface area contributed by atoms with Crippen molar-refractivity contribution >= 4 is 39.5 Å². The van der Waals surface area contributed by atoms with Gasteiger partial charge in [-0.1, -0.05) is 312 Å². The normalized spacial score (nSPS) is 14.8. The summed E-state index contributed by atoms with van der Waals surface area (Å²) in [6, 6.07) is 0. The van der Waals surface area contributed by atoms with Crippen molar-refractivity contribution in [3.63, 3.8) is 0 Å². The highest BCUT2D eigenvalue weighted by Crippen LogP contribution is 2.45. The molecule has 92 heavy (non-hydrogen) atoms. The Morgan fingerprint density at radius 3 is 0.772 bits per heavy atom. The third-order valence-electron chi connectivity index (χ3n) is 17.5. The molecule has 3 N–H and O–H groups in total. The largest absolute Gasteiger partial charge is 0.472 e. The van der Waals surface area contributed by atoms with Crippen molar-refractivity contribution in [3.8, 4) is 0 Å². The zero-order chi connectivity index (χ0) is 68.2. The van der Waals surface area contributed by atoms with E-state index in [2.05, 4.69) is 55.4 Å². The van der Waals surface area contributed by atoms with E-state index in [0.29, 0.717) is 25.7 Å². The molecule has 0 saturated heterocycles. The number of aliphatic hydroxyl groups excluding tert-OH is 1. The Morgan fingerprint density at radius 2 is 0.522 bits per heavy atom. The van der Waals surface area contributed by atoms with Gasteiger partial charge in [0, 0.05) is 25.7 Å². The number of hydrogen-bond donors (Lipinski definition) is 3. The van der Waals surface area contributed by atoms with E-state index >= 15 is 0 Å². The average molecular weight is 1350 g/mol. The highest BCUT2D eigenvalue weighted by Gasteiger charge is 2.30. The molecule has 0 radical (unpaired) electrons. The van der Waals surface area contributed by atoms with E-state index in [1.54, 1.807) is 0 Å². The van der Waals surface area contributed by atoms with Crippen LogP contribution >= 0.6 is 15.6 Å². The van der Waals surface area contributed by atoms with Crippen LogP contribution in [0.5, 0.6) is 0 Å². The summed E-state index contributed by atoms with van der Waals surface area (Å²) in [5, 5.41) is 10.6. The van der Waals surface area contributed by atoms with Crippen LogP contribution in [0.3, 0.4) is 0 Å². The molecule has 0 aliphatic rings. The zero-order valence-electron chi connectivity index (χ0n) is 60.2. The highest BCUT2D eigenvalue weighted by atomic mass is 31.2. The molecule has 0 aliphatic heterocycles. The van der Waals surface area contributed by atoms with Gasteiger partial charge in [0.2, 0.25) is 0 Å². The summed E-state index contributed by atoms with van der Waals surface area (Å²) in [4.78, 5) is 72.7. The molecular weight excluding hydrogens is 1210 g/mol. The number of unbranched alkanes of at least 4 members (excludes halogenated alkanes) is 34. The molecule has 17 nitrogen and oxygen atoms in total. The second kappa shape index (κ2) is 62.6.